The van der Waals surface area contributed by atoms with E-state index in [1.54, 1.807) is 18.9 Å². The number of ether oxygens (including phenoxy) is 2. The highest BCUT2D eigenvalue weighted by Gasteiger charge is 2.26. The molecule has 1 heterocycles. The topological polar surface area (TPSA) is 50.8 Å². The van der Waals surface area contributed by atoms with Crippen molar-refractivity contribution in [3.8, 4) is 5.75 Å². The summed E-state index contributed by atoms with van der Waals surface area (Å²) in [7, 11) is 1.67. The van der Waals surface area contributed by atoms with Crippen molar-refractivity contribution in [3.05, 3.63) is 96.1 Å². The molecule has 0 spiro atoms. The summed E-state index contributed by atoms with van der Waals surface area (Å²) < 4.78 is 10.9. The Bertz CT molecular complexity index is 993. The third kappa shape index (κ3) is 6.38. The predicted molar refractivity (Wildman–Crippen MR) is 133 cm³/mol. The molecule has 0 saturated carbocycles. The van der Waals surface area contributed by atoms with Crippen LogP contribution in [0.25, 0.3) is 0 Å². The van der Waals surface area contributed by atoms with Crippen molar-refractivity contribution in [2.24, 2.45) is 0 Å². The number of nitrogens with zero attached hydrogens (tertiary/aromatic N) is 1. The first-order valence-corrected chi connectivity index (χ1v) is 12.1. The Morgan fingerprint density at radius 2 is 1.58 bits per heavy atom. The van der Waals surface area contributed by atoms with E-state index in [-0.39, 0.29) is 17.2 Å². The van der Waals surface area contributed by atoms with Gasteiger partial charge in [0.2, 0.25) is 5.91 Å². The molecule has 0 aliphatic carbocycles. The van der Waals surface area contributed by atoms with Crippen molar-refractivity contribution in [2.75, 3.05) is 40.0 Å². The Hall–Kier alpha value is -2.80. The van der Waals surface area contributed by atoms with Crippen LogP contribution in [0.3, 0.4) is 0 Å². The number of carbonyl (C=O) groups is 1. The van der Waals surface area contributed by atoms with Crippen LogP contribution in [-0.2, 0) is 9.53 Å². The molecule has 3 aromatic carbocycles. The summed E-state index contributed by atoms with van der Waals surface area (Å²) in [4.78, 5) is 16.9. The average molecular weight is 463 g/mol. The van der Waals surface area contributed by atoms with Crippen molar-refractivity contribution in [1.82, 2.24) is 10.2 Å². The summed E-state index contributed by atoms with van der Waals surface area (Å²) in [5.41, 5.74) is 2.15. The summed E-state index contributed by atoms with van der Waals surface area (Å²) in [6.07, 6.45) is 0. The first-order chi connectivity index (χ1) is 16.2. The molecule has 33 heavy (non-hydrogen) atoms. The van der Waals surface area contributed by atoms with E-state index >= 15 is 0 Å². The second-order valence-corrected chi connectivity index (χ2v) is 9.08. The first-order valence-electron chi connectivity index (χ1n) is 11.2. The third-order valence-corrected chi connectivity index (χ3v) is 7.06. The summed E-state index contributed by atoms with van der Waals surface area (Å²) >= 11 is 1.58. The second-order valence-electron chi connectivity index (χ2n) is 7.90. The second kappa shape index (κ2) is 11.9. The molecule has 5 nitrogen and oxygen atoms in total. The molecule has 1 N–H and O–H groups in total. The lowest BCUT2D eigenvalue weighted by Gasteiger charge is -2.35. The number of thioether (sulfide) groups is 1. The highest BCUT2D eigenvalue weighted by molar-refractivity contribution is 8.00. The zero-order chi connectivity index (χ0) is 22.9. The maximum atomic E-state index is 13.5. The van der Waals surface area contributed by atoms with E-state index in [1.165, 1.54) is 0 Å². The van der Waals surface area contributed by atoms with E-state index in [2.05, 4.69) is 22.3 Å². The number of rotatable bonds is 9. The number of hydrogen-bond acceptors (Lipinski definition) is 5. The molecule has 3 aromatic rings. The van der Waals surface area contributed by atoms with Crippen molar-refractivity contribution in [1.29, 1.82) is 0 Å². The van der Waals surface area contributed by atoms with Crippen LogP contribution in [0.2, 0.25) is 0 Å². The number of methoxy groups -OCH3 is 1. The van der Waals surface area contributed by atoms with Crippen LogP contribution in [0, 0.1) is 0 Å². The van der Waals surface area contributed by atoms with Crippen LogP contribution in [-0.4, -0.2) is 50.8 Å². The zero-order valence-electron chi connectivity index (χ0n) is 18.9. The van der Waals surface area contributed by atoms with E-state index in [0.29, 0.717) is 19.8 Å². The van der Waals surface area contributed by atoms with Crippen molar-refractivity contribution in [2.45, 2.75) is 16.2 Å². The van der Waals surface area contributed by atoms with Gasteiger partial charge in [-0.3, -0.25) is 9.69 Å². The van der Waals surface area contributed by atoms with Crippen molar-refractivity contribution in [3.63, 3.8) is 0 Å². The smallest absolute Gasteiger partial charge is 0.238 e. The molecule has 0 bridgehead atoms. The SMILES string of the molecule is COc1ccc(C(CNC(=O)C(Sc2ccccc2)c2ccccc2)N2CCOCC2)cc1. The molecule has 1 aliphatic heterocycles. The van der Waals surface area contributed by atoms with Crippen LogP contribution >= 0.6 is 11.8 Å². The van der Waals surface area contributed by atoms with Gasteiger partial charge in [0.15, 0.2) is 0 Å². The largest absolute Gasteiger partial charge is 0.497 e. The zero-order valence-corrected chi connectivity index (χ0v) is 19.7. The third-order valence-electron chi connectivity index (χ3n) is 5.79. The monoisotopic (exact) mass is 462 g/mol. The highest BCUT2D eigenvalue weighted by atomic mass is 32.2. The van der Waals surface area contributed by atoms with Crippen molar-refractivity contribution < 1.29 is 14.3 Å². The van der Waals surface area contributed by atoms with Gasteiger partial charge in [0.1, 0.15) is 11.0 Å². The minimum Gasteiger partial charge on any atom is -0.497 e. The predicted octanol–water partition coefficient (Wildman–Crippen LogP) is 4.72. The quantitative estimate of drug-likeness (QED) is 0.467. The van der Waals surface area contributed by atoms with E-state index < -0.39 is 0 Å². The molecule has 172 valence electrons. The highest BCUT2D eigenvalue weighted by Crippen LogP contribution is 2.35. The molecule has 1 fully saturated rings. The summed E-state index contributed by atoms with van der Waals surface area (Å²) in [5.74, 6) is 0.841. The molecular formula is C27H30N2O3S. The van der Waals surface area contributed by atoms with Gasteiger partial charge in [0, 0.05) is 24.5 Å². The minimum absolute atomic E-state index is 0.0156. The van der Waals surface area contributed by atoms with Crippen LogP contribution in [0.1, 0.15) is 22.4 Å². The van der Waals surface area contributed by atoms with Gasteiger partial charge < -0.3 is 14.8 Å². The average Bonchev–Trinajstić information content (AvgIpc) is 2.89. The molecule has 1 saturated heterocycles. The number of carbonyl (C=O) groups excluding carboxylic acids is 1. The van der Waals surface area contributed by atoms with E-state index in [9.17, 15) is 4.79 Å². The maximum absolute atomic E-state index is 13.5. The molecule has 2 atom stereocenters. The van der Waals surface area contributed by atoms with Crippen LogP contribution in [0.5, 0.6) is 5.75 Å². The number of amides is 1. The fraction of sp³-hybridized carbons (Fsp3) is 0.296. The van der Waals surface area contributed by atoms with Gasteiger partial charge in [-0.15, -0.1) is 11.8 Å². The van der Waals surface area contributed by atoms with E-state index in [4.69, 9.17) is 9.47 Å². The van der Waals surface area contributed by atoms with Gasteiger partial charge in [0.25, 0.3) is 0 Å². The summed E-state index contributed by atoms with van der Waals surface area (Å²) in [5, 5.41) is 2.93. The Balaban J connectivity index is 1.52. The standard InChI is InChI=1S/C27H30N2O3S/c1-31-23-14-12-21(13-15-23)25(29-16-18-32-19-17-29)20-28-27(30)26(22-8-4-2-5-9-22)33-24-10-6-3-7-11-24/h2-15,25-26H,16-20H2,1H3,(H,28,30). The van der Waals surface area contributed by atoms with Crippen LogP contribution in [0.4, 0.5) is 0 Å². The molecule has 0 radical (unpaired) electrons. The Kier molecular flexibility index (Phi) is 8.41. The molecule has 6 heteroatoms. The molecule has 1 aliphatic rings. The van der Waals surface area contributed by atoms with Gasteiger partial charge in [0.05, 0.1) is 26.4 Å². The molecular weight excluding hydrogens is 432 g/mol. The lowest BCUT2D eigenvalue weighted by molar-refractivity contribution is -0.121. The number of hydrogen-bond donors (Lipinski definition) is 1. The molecule has 2 unspecified atom stereocenters. The Morgan fingerprint density at radius 3 is 2.21 bits per heavy atom. The van der Waals surface area contributed by atoms with Gasteiger partial charge in [-0.2, -0.15) is 0 Å². The molecule has 4 rings (SSSR count). The van der Waals surface area contributed by atoms with Gasteiger partial charge >= 0.3 is 0 Å². The van der Waals surface area contributed by atoms with Crippen molar-refractivity contribution >= 4 is 17.7 Å². The first kappa shape index (κ1) is 23.4. The lowest BCUT2D eigenvalue weighted by Crippen LogP contribution is -2.44. The minimum atomic E-state index is -0.324. The van der Waals surface area contributed by atoms with Gasteiger partial charge in [-0.25, -0.2) is 0 Å². The summed E-state index contributed by atoms with van der Waals surface area (Å²) in [6, 6.07) is 28.2. The van der Waals surface area contributed by atoms with Crippen LogP contribution < -0.4 is 10.1 Å². The molecule has 1 amide bonds. The van der Waals surface area contributed by atoms with E-state index in [0.717, 1.165) is 34.9 Å². The fourth-order valence-corrected chi connectivity index (χ4v) is 5.07. The normalized spacial score (nSPS) is 16.0. The van der Waals surface area contributed by atoms with Gasteiger partial charge in [-0.05, 0) is 35.4 Å². The Morgan fingerprint density at radius 1 is 0.939 bits per heavy atom. The number of morpholine rings is 1. The Labute approximate surface area is 200 Å². The number of nitrogens with one attached hydrogen (secondary N) is 1. The lowest BCUT2D eigenvalue weighted by atomic mass is 10.0. The van der Waals surface area contributed by atoms with E-state index in [1.807, 2.05) is 72.8 Å². The maximum Gasteiger partial charge on any atom is 0.238 e. The number of benzene rings is 3. The molecule has 0 aromatic heterocycles. The fourth-order valence-electron chi connectivity index (χ4n) is 4.00. The summed E-state index contributed by atoms with van der Waals surface area (Å²) in [6.45, 7) is 3.62. The van der Waals surface area contributed by atoms with Crippen LogP contribution in [0.15, 0.2) is 89.8 Å². The van der Waals surface area contributed by atoms with Gasteiger partial charge in [-0.1, -0.05) is 60.7 Å².